The fraction of sp³-hybridized carbons (Fsp3) is 0.133. The molecule has 0 saturated heterocycles. The summed E-state index contributed by atoms with van der Waals surface area (Å²) in [6, 6.07) is 16.0. The van der Waals surface area contributed by atoms with Gasteiger partial charge < -0.3 is 5.32 Å². The highest BCUT2D eigenvalue weighted by Crippen LogP contribution is 2.16. The molecule has 1 N–H and O–H groups in total. The van der Waals surface area contributed by atoms with Gasteiger partial charge in [0.2, 0.25) is 0 Å². The maximum absolute atomic E-state index is 8.82. The van der Waals surface area contributed by atoms with Crippen LogP contribution in [0.1, 0.15) is 16.7 Å². The minimum absolute atomic E-state index is 0.708. The summed E-state index contributed by atoms with van der Waals surface area (Å²) in [4.78, 5) is 0. The largest absolute Gasteiger partial charge is 0.381 e. The van der Waals surface area contributed by atoms with Crippen molar-refractivity contribution in [3.05, 3.63) is 63.6 Å². The summed E-state index contributed by atoms with van der Waals surface area (Å²) in [5, 5.41) is 12.2. The number of nitriles is 1. The van der Waals surface area contributed by atoms with Gasteiger partial charge in [-0.3, -0.25) is 0 Å². The molecule has 0 unspecified atom stereocenters. The Morgan fingerprint density at radius 3 is 2.50 bits per heavy atom. The van der Waals surface area contributed by atoms with E-state index in [0.29, 0.717) is 5.56 Å². The number of benzene rings is 2. The third-order valence-electron chi connectivity index (χ3n) is 2.80. The van der Waals surface area contributed by atoms with Crippen LogP contribution in [0.2, 0.25) is 0 Å². The van der Waals surface area contributed by atoms with Gasteiger partial charge in [-0.25, -0.2) is 0 Å². The molecule has 0 saturated carbocycles. The van der Waals surface area contributed by atoms with Gasteiger partial charge in [0.25, 0.3) is 0 Å². The Hall–Kier alpha value is -1.79. The third kappa shape index (κ3) is 3.12. The van der Waals surface area contributed by atoms with Crippen molar-refractivity contribution < 1.29 is 0 Å². The number of rotatable bonds is 3. The van der Waals surface area contributed by atoms with Crippen LogP contribution in [0.25, 0.3) is 0 Å². The summed E-state index contributed by atoms with van der Waals surface area (Å²) in [7, 11) is 0. The molecule has 2 aromatic carbocycles. The van der Waals surface area contributed by atoms with E-state index in [1.54, 1.807) is 0 Å². The van der Waals surface area contributed by atoms with Crippen molar-refractivity contribution in [2.45, 2.75) is 13.5 Å². The quantitative estimate of drug-likeness (QED) is 0.920. The Morgan fingerprint density at radius 1 is 1.17 bits per heavy atom. The first kappa shape index (κ1) is 12.7. The highest BCUT2D eigenvalue weighted by Gasteiger charge is 2.00. The Labute approximate surface area is 115 Å². The molecular formula is C15H13BrN2. The monoisotopic (exact) mass is 300 g/mol. The van der Waals surface area contributed by atoms with Gasteiger partial charge in [0.1, 0.15) is 0 Å². The van der Waals surface area contributed by atoms with Crippen LogP contribution in [0.15, 0.2) is 46.9 Å². The summed E-state index contributed by atoms with van der Waals surface area (Å²) in [6.07, 6.45) is 0. The van der Waals surface area contributed by atoms with E-state index in [1.165, 1.54) is 5.56 Å². The fourth-order valence-electron chi connectivity index (χ4n) is 1.73. The lowest BCUT2D eigenvalue weighted by Crippen LogP contribution is -2.01. The molecule has 0 aliphatic heterocycles. The molecule has 0 aliphatic carbocycles. The minimum atomic E-state index is 0.708. The van der Waals surface area contributed by atoms with E-state index in [2.05, 4.69) is 27.3 Å². The maximum Gasteiger partial charge on any atom is 0.0991 e. The Balaban J connectivity index is 2.06. The second-order valence-electron chi connectivity index (χ2n) is 4.11. The predicted molar refractivity (Wildman–Crippen MR) is 77.4 cm³/mol. The molecular weight excluding hydrogens is 288 g/mol. The smallest absolute Gasteiger partial charge is 0.0991 e. The predicted octanol–water partition coefficient (Wildman–Crippen LogP) is 4.24. The number of hydrogen-bond acceptors (Lipinski definition) is 2. The van der Waals surface area contributed by atoms with Crippen LogP contribution >= 0.6 is 15.9 Å². The zero-order valence-electron chi connectivity index (χ0n) is 10.1. The van der Waals surface area contributed by atoms with Crippen LogP contribution in [0.3, 0.4) is 0 Å². The van der Waals surface area contributed by atoms with Crippen molar-refractivity contribution in [2.75, 3.05) is 5.32 Å². The van der Waals surface area contributed by atoms with E-state index in [-0.39, 0.29) is 0 Å². The summed E-state index contributed by atoms with van der Waals surface area (Å²) in [6.45, 7) is 2.79. The molecule has 0 atom stereocenters. The van der Waals surface area contributed by atoms with Crippen LogP contribution in [0.4, 0.5) is 5.69 Å². The average molecular weight is 301 g/mol. The van der Waals surface area contributed by atoms with Crippen LogP contribution < -0.4 is 5.32 Å². The second-order valence-corrected chi connectivity index (χ2v) is 5.03. The van der Waals surface area contributed by atoms with Crippen LogP contribution in [0, 0.1) is 18.3 Å². The molecule has 0 fully saturated rings. The van der Waals surface area contributed by atoms with Gasteiger partial charge in [-0.2, -0.15) is 5.26 Å². The van der Waals surface area contributed by atoms with Gasteiger partial charge in [0.05, 0.1) is 11.6 Å². The van der Waals surface area contributed by atoms with Gasteiger partial charge in [-0.15, -0.1) is 0 Å². The SMILES string of the molecule is Cc1cc(C#N)ccc1CNc1ccc(Br)cc1. The molecule has 90 valence electrons. The Bertz CT molecular complexity index is 582. The number of halogens is 1. The lowest BCUT2D eigenvalue weighted by Gasteiger charge is -2.09. The first-order chi connectivity index (χ1) is 8.69. The van der Waals surface area contributed by atoms with E-state index in [1.807, 2.05) is 49.4 Å². The van der Waals surface area contributed by atoms with Crippen molar-refractivity contribution in [1.29, 1.82) is 5.26 Å². The van der Waals surface area contributed by atoms with Crippen molar-refractivity contribution in [2.24, 2.45) is 0 Å². The van der Waals surface area contributed by atoms with Crippen molar-refractivity contribution in [1.82, 2.24) is 0 Å². The van der Waals surface area contributed by atoms with Crippen molar-refractivity contribution in [3.8, 4) is 6.07 Å². The van der Waals surface area contributed by atoms with E-state index in [4.69, 9.17) is 5.26 Å². The van der Waals surface area contributed by atoms with Gasteiger partial charge in [0.15, 0.2) is 0 Å². The number of aryl methyl sites for hydroxylation is 1. The van der Waals surface area contributed by atoms with Gasteiger partial charge in [-0.05, 0) is 54.4 Å². The highest BCUT2D eigenvalue weighted by molar-refractivity contribution is 9.10. The molecule has 2 rings (SSSR count). The van der Waals surface area contributed by atoms with Crippen molar-refractivity contribution >= 4 is 21.6 Å². The van der Waals surface area contributed by atoms with Gasteiger partial charge in [0, 0.05) is 16.7 Å². The number of hydrogen-bond donors (Lipinski definition) is 1. The van der Waals surface area contributed by atoms with E-state index in [0.717, 1.165) is 22.3 Å². The maximum atomic E-state index is 8.82. The average Bonchev–Trinajstić information content (AvgIpc) is 2.39. The first-order valence-corrected chi connectivity index (χ1v) is 6.47. The van der Waals surface area contributed by atoms with Crippen molar-refractivity contribution in [3.63, 3.8) is 0 Å². The van der Waals surface area contributed by atoms with Gasteiger partial charge in [-0.1, -0.05) is 22.0 Å². The molecule has 3 heteroatoms. The molecule has 2 nitrogen and oxygen atoms in total. The lowest BCUT2D eigenvalue weighted by molar-refractivity contribution is 1.12. The Morgan fingerprint density at radius 2 is 1.89 bits per heavy atom. The molecule has 0 aliphatic rings. The van der Waals surface area contributed by atoms with Crippen LogP contribution in [-0.4, -0.2) is 0 Å². The molecule has 0 bridgehead atoms. The van der Waals surface area contributed by atoms with E-state index in [9.17, 15) is 0 Å². The first-order valence-electron chi connectivity index (χ1n) is 5.68. The number of anilines is 1. The van der Waals surface area contributed by atoms with E-state index >= 15 is 0 Å². The van der Waals surface area contributed by atoms with Crippen LogP contribution in [0.5, 0.6) is 0 Å². The second kappa shape index (κ2) is 5.70. The highest BCUT2D eigenvalue weighted by atomic mass is 79.9. The normalized spacial score (nSPS) is 9.83. The van der Waals surface area contributed by atoms with Crippen LogP contribution in [-0.2, 0) is 6.54 Å². The fourth-order valence-corrected chi connectivity index (χ4v) is 1.99. The minimum Gasteiger partial charge on any atom is -0.381 e. The molecule has 0 heterocycles. The summed E-state index contributed by atoms with van der Waals surface area (Å²) < 4.78 is 1.07. The lowest BCUT2D eigenvalue weighted by atomic mass is 10.1. The zero-order chi connectivity index (χ0) is 13.0. The third-order valence-corrected chi connectivity index (χ3v) is 3.33. The summed E-state index contributed by atoms with van der Waals surface area (Å²) in [5.41, 5.74) is 4.14. The molecule has 0 radical (unpaired) electrons. The van der Waals surface area contributed by atoms with E-state index < -0.39 is 0 Å². The molecule has 2 aromatic rings. The zero-order valence-corrected chi connectivity index (χ0v) is 11.7. The number of nitrogens with zero attached hydrogens (tertiary/aromatic N) is 1. The molecule has 18 heavy (non-hydrogen) atoms. The van der Waals surface area contributed by atoms with Gasteiger partial charge >= 0.3 is 0 Å². The summed E-state index contributed by atoms with van der Waals surface area (Å²) in [5.74, 6) is 0. The number of nitrogens with one attached hydrogen (secondary N) is 1. The standard InChI is InChI=1S/C15H13BrN2/c1-11-8-12(9-17)2-3-13(11)10-18-15-6-4-14(16)5-7-15/h2-8,18H,10H2,1H3. The summed E-state index contributed by atoms with van der Waals surface area (Å²) >= 11 is 3.41. The molecule has 0 aromatic heterocycles. The molecule has 0 amide bonds. The molecule has 0 spiro atoms. The Kier molecular flexibility index (Phi) is 4.01. The topological polar surface area (TPSA) is 35.8 Å².